The van der Waals surface area contributed by atoms with E-state index in [4.69, 9.17) is 11.6 Å². The van der Waals surface area contributed by atoms with Gasteiger partial charge in [-0.15, -0.1) is 11.3 Å². The van der Waals surface area contributed by atoms with Crippen LogP contribution in [-0.2, 0) is 6.54 Å². The molecule has 0 aliphatic carbocycles. The van der Waals surface area contributed by atoms with Gasteiger partial charge in [-0.1, -0.05) is 30.2 Å². The van der Waals surface area contributed by atoms with Crippen LogP contribution in [0.1, 0.15) is 24.3 Å². The molecule has 0 saturated carbocycles. The quantitative estimate of drug-likeness (QED) is 0.927. The van der Waals surface area contributed by atoms with E-state index in [0.717, 1.165) is 35.2 Å². The van der Waals surface area contributed by atoms with Crippen molar-refractivity contribution in [2.24, 2.45) is 0 Å². The Bertz CT molecular complexity index is 564. The standard InChI is InChI=1S/C15H18ClN3S/c16-13-6-4-5-12(9-13)14-10-17-15(20-14)11-18-19-7-2-1-3-8-19/h4-6,9-10,18H,1-3,7-8,11H2. The first-order valence-corrected chi connectivity index (χ1v) is 8.20. The second-order valence-corrected chi connectivity index (χ2v) is 6.56. The minimum Gasteiger partial charge on any atom is -0.248 e. The number of hydrogen-bond donors (Lipinski definition) is 1. The summed E-state index contributed by atoms with van der Waals surface area (Å²) in [6.07, 6.45) is 5.87. The van der Waals surface area contributed by atoms with Crippen molar-refractivity contribution in [1.82, 2.24) is 15.4 Å². The first kappa shape index (κ1) is 14.0. The third kappa shape index (κ3) is 3.58. The van der Waals surface area contributed by atoms with Gasteiger partial charge in [0.25, 0.3) is 0 Å². The summed E-state index contributed by atoms with van der Waals surface area (Å²) >= 11 is 7.75. The molecule has 106 valence electrons. The molecule has 5 heteroatoms. The molecular weight excluding hydrogens is 290 g/mol. The Kier molecular flexibility index (Phi) is 4.68. The van der Waals surface area contributed by atoms with Crippen LogP contribution >= 0.6 is 22.9 Å². The molecule has 0 bridgehead atoms. The lowest BCUT2D eigenvalue weighted by molar-refractivity contribution is 0.151. The topological polar surface area (TPSA) is 28.2 Å². The third-order valence-electron chi connectivity index (χ3n) is 3.47. The summed E-state index contributed by atoms with van der Waals surface area (Å²) in [6, 6.07) is 7.92. The molecule has 1 saturated heterocycles. The van der Waals surface area contributed by atoms with Crippen LogP contribution in [0.2, 0.25) is 5.02 Å². The lowest BCUT2D eigenvalue weighted by Gasteiger charge is -2.26. The smallest absolute Gasteiger partial charge is 0.108 e. The summed E-state index contributed by atoms with van der Waals surface area (Å²) in [4.78, 5) is 5.66. The highest BCUT2D eigenvalue weighted by molar-refractivity contribution is 7.15. The summed E-state index contributed by atoms with van der Waals surface area (Å²) in [5.41, 5.74) is 4.61. The zero-order valence-electron chi connectivity index (χ0n) is 11.3. The molecule has 1 aliphatic heterocycles. The van der Waals surface area contributed by atoms with Crippen molar-refractivity contribution < 1.29 is 0 Å². The van der Waals surface area contributed by atoms with Crippen LogP contribution in [0.3, 0.4) is 0 Å². The zero-order valence-corrected chi connectivity index (χ0v) is 12.9. The molecule has 1 aromatic heterocycles. The first-order chi connectivity index (χ1) is 9.81. The molecule has 3 nitrogen and oxygen atoms in total. The van der Waals surface area contributed by atoms with E-state index in [0.29, 0.717) is 0 Å². The minimum atomic E-state index is 0.767. The van der Waals surface area contributed by atoms with Crippen LogP contribution < -0.4 is 5.43 Å². The SMILES string of the molecule is Clc1cccc(-c2cnc(CNN3CCCCC3)s2)c1. The van der Waals surface area contributed by atoms with Crippen molar-refractivity contribution in [3.8, 4) is 10.4 Å². The molecule has 0 spiro atoms. The summed E-state index contributed by atoms with van der Waals surface area (Å²) in [7, 11) is 0. The van der Waals surface area contributed by atoms with Crippen molar-refractivity contribution in [3.05, 3.63) is 40.5 Å². The van der Waals surface area contributed by atoms with Gasteiger partial charge in [0, 0.05) is 24.3 Å². The predicted molar refractivity (Wildman–Crippen MR) is 84.8 cm³/mol. The van der Waals surface area contributed by atoms with Gasteiger partial charge in [0.05, 0.1) is 11.4 Å². The van der Waals surface area contributed by atoms with E-state index in [9.17, 15) is 0 Å². The van der Waals surface area contributed by atoms with Crippen LogP contribution in [0.5, 0.6) is 0 Å². The molecule has 0 unspecified atom stereocenters. The number of halogens is 1. The number of thiazole rings is 1. The van der Waals surface area contributed by atoms with E-state index in [1.807, 2.05) is 24.4 Å². The minimum absolute atomic E-state index is 0.767. The van der Waals surface area contributed by atoms with Gasteiger partial charge in [-0.25, -0.2) is 15.4 Å². The van der Waals surface area contributed by atoms with E-state index in [-0.39, 0.29) is 0 Å². The number of nitrogens with one attached hydrogen (secondary N) is 1. The number of nitrogens with zero attached hydrogens (tertiary/aromatic N) is 2. The molecule has 2 aromatic rings. The van der Waals surface area contributed by atoms with Gasteiger partial charge in [-0.2, -0.15) is 0 Å². The number of hydrazine groups is 1. The second-order valence-electron chi connectivity index (χ2n) is 5.01. The molecule has 1 N–H and O–H groups in total. The number of piperidine rings is 1. The largest absolute Gasteiger partial charge is 0.248 e. The molecule has 2 heterocycles. The van der Waals surface area contributed by atoms with Crippen molar-refractivity contribution in [2.75, 3.05) is 13.1 Å². The van der Waals surface area contributed by atoms with E-state index in [2.05, 4.69) is 21.5 Å². The Balaban J connectivity index is 1.61. The lowest BCUT2D eigenvalue weighted by atomic mass is 10.2. The molecule has 0 atom stereocenters. The predicted octanol–water partition coefficient (Wildman–Crippen LogP) is 3.95. The van der Waals surface area contributed by atoms with E-state index in [1.54, 1.807) is 11.3 Å². The molecule has 1 aliphatic rings. The molecule has 1 fully saturated rings. The Morgan fingerprint density at radius 1 is 1.25 bits per heavy atom. The van der Waals surface area contributed by atoms with Gasteiger partial charge in [0.15, 0.2) is 0 Å². The number of hydrogen-bond acceptors (Lipinski definition) is 4. The summed E-state index contributed by atoms with van der Waals surface area (Å²) in [5, 5.41) is 4.19. The fourth-order valence-electron chi connectivity index (χ4n) is 2.40. The first-order valence-electron chi connectivity index (χ1n) is 7.00. The highest BCUT2D eigenvalue weighted by Crippen LogP contribution is 2.28. The Labute approximate surface area is 128 Å². The average Bonchev–Trinajstić information content (AvgIpc) is 2.95. The summed E-state index contributed by atoms with van der Waals surface area (Å²) < 4.78 is 0. The van der Waals surface area contributed by atoms with Crippen molar-refractivity contribution >= 4 is 22.9 Å². The number of benzene rings is 1. The van der Waals surface area contributed by atoms with Crippen LogP contribution in [-0.4, -0.2) is 23.1 Å². The van der Waals surface area contributed by atoms with Gasteiger partial charge in [0.2, 0.25) is 0 Å². The maximum absolute atomic E-state index is 6.03. The van der Waals surface area contributed by atoms with Gasteiger partial charge < -0.3 is 0 Å². The fraction of sp³-hybridized carbons (Fsp3) is 0.400. The van der Waals surface area contributed by atoms with Crippen molar-refractivity contribution in [3.63, 3.8) is 0 Å². The summed E-state index contributed by atoms with van der Waals surface area (Å²) in [5.74, 6) is 0. The third-order valence-corrected chi connectivity index (χ3v) is 4.75. The Morgan fingerprint density at radius 3 is 2.90 bits per heavy atom. The lowest BCUT2D eigenvalue weighted by Crippen LogP contribution is -2.41. The normalized spacial score (nSPS) is 16.4. The van der Waals surface area contributed by atoms with E-state index < -0.39 is 0 Å². The summed E-state index contributed by atoms with van der Waals surface area (Å²) in [6.45, 7) is 3.10. The zero-order chi connectivity index (χ0) is 13.8. The second kappa shape index (κ2) is 6.68. The molecule has 20 heavy (non-hydrogen) atoms. The molecular formula is C15H18ClN3S. The molecule has 0 amide bonds. The van der Waals surface area contributed by atoms with Gasteiger partial charge in [-0.05, 0) is 30.5 Å². The van der Waals surface area contributed by atoms with E-state index >= 15 is 0 Å². The maximum atomic E-state index is 6.03. The van der Waals surface area contributed by atoms with Crippen molar-refractivity contribution in [2.45, 2.75) is 25.8 Å². The number of rotatable bonds is 4. The van der Waals surface area contributed by atoms with Crippen LogP contribution in [0.4, 0.5) is 0 Å². The van der Waals surface area contributed by atoms with Crippen molar-refractivity contribution in [1.29, 1.82) is 0 Å². The van der Waals surface area contributed by atoms with Crippen LogP contribution in [0, 0.1) is 0 Å². The monoisotopic (exact) mass is 307 g/mol. The Morgan fingerprint density at radius 2 is 2.10 bits per heavy atom. The van der Waals surface area contributed by atoms with Crippen LogP contribution in [0.25, 0.3) is 10.4 Å². The highest BCUT2D eigenvalue weighted by Gasteiger charge is 2.10. The molecule has 3 rings (SSSR count). The fourth-order valence-corrected chi connectivity index (χ4v) is 3.44. The average molecular weight is 308 g/mol. The van der Waals surface area contributed by atoms with Crippen LogP contribution in [0.15, 0.2) is 30.5 Å². The maximum Gasteiger partial charge on any atom is 0.108 e. The highest BCUT2D eigenvalue weighted by atomic mass is 35.5. The van der Waals surface area contributed by atoms with Gasteiger partial charge >= 0.3 is 0 Å². The van der Waals surface area contributed by atoms with Gasteiger partial charge in [-0.3, -0.25) is 0 Å². The Hall–Kier alpha value is -0.940. The number of aromatic nitrogens is 1. The van der Waals surface area contributed by atoms with E-state index in [1.165, 1.54) is 24.1 Å². The molecule has 1 aromatic carbocycles. The molecule has 0 radical (unpaired) electrons. The van der Waals surface area contributed by atoms with Gasteiger partial charge in [0.1, 0.15) is 5.01 Å².